The Kier molecular flexibility index (Phi) is 6.98. The minimum atomic E-state index is -0.834. The topological polar surface area (TPSA) is 49.8 Å². The van der Waals surface area contributed by atoms with Crippen molar-refractivity contribution in [3.05, 3.63) is 71.4 Å². The number of carboxylic acids is 1. The molecule has 4 nitrogen and oxygen atoms in total. The quantitative estimate of drug-likeness (QED) is 0.750. The van der Waals surface area contributed by atoms with Crippen LogP contribution in [0, 0.1) is 0 Å². The molecule has 1 aromatic rings. The molecule has 1 aromatic carbocycles. The number of carbonyl (C=O) groups is 1. The van der Waals surface area contributed by atoms with Crippen LogP contribution in [-0.4, -0.2) is 43.2 Å². The number of hydrogen-bond acceptors (Lipinski definition) is 3. The highest BCUT2D eigenvalue weighted by atomic mass is 16.5. The van der Waals surface area contributed by atoms with Gasteiger partial charge in [0.25, 0.3) is 0 Å². The van der Waals surface area contributed by atoms with E-state index in [4.69, 9.17) is 9.84 Å². The van der Waals surface area contributed by atoms with Crippen LogP contribution >= 0.6 is 0 Å². The monoisotopic (exact) mass is 353 g/mol. The molecule has 1 N–H and O–H groups in total. The average Bonchev–Trinajstić information content (AvgIpc) is 2.70. The van der Waals surface area contributed by atoms with E-state index in [1.165, 1.54) is 0 Å². The van der Waals surface area contributed by atoms with Gasteiger partial charge in [-0.1, -0.05) is 36.9 Å². The zero-order chi connectivity index (χ0) is 19.1. The van der Waals surface area contributed by atoms with Gasteiger partial charge in [-0.05, 0) is 61.9 Å². The lowest BCUT2D eigenvalue weighted by molar-refractivity contribution is -0.136. The molecular formula is C22H27NO3. The lowest BCUT2D eigenvalue weighted by Gasteiger charge is -2.13. The van der Waals surface area contributed by atoms with Crippen LogP contribution in [-0.2, 0) is 11.2 Å². The lowest BCUT2D eigenvalue weighted by Crippen LogP contribution is -2.12. The molecule has 2 rings (SSSR count). The normalized spacial score (nSPS) is 15.9. The maximum absolute atomic E-state index is 11.1. The van der Waals surface area contributed by atoms with Gasteiger partial charge in [0.05, 0.1) is 6.42 Å². The second-order valence-electron chi connectivity index (χ2n) is 6.64. The molecule has 0 radical (unpaired) electrons. The molecule has 0 saturated carbocycles. The third-order valence-electron chi connectivity index (χ3n) is 4.32. The molecule has 0 atom stereocenters. The zero-order valence-corrected chi connectivity index (χ0v) is 15.8. The highest BCUT2D eigenvalue weighted by Gasteiger charge is 2.19. The number of fused-ring (bicyclic) bond motifs is 1. The number of benzene rings is 1. The van der Waals surface area contributed by atoms with E-state index in [0.717, 1.165) is 46.6 Å². The Labute approximate surface area is 155 Å². The third-order valence-corrected chi connectivity index (χ3v) is 4.32. The van der Waals surface area contributed by atoms with Crippen molar-refractivity contribution in [3.63, 3.8) is 0 Å². The maximum Gasteiger partial charge on any atom is 0.307 e. The summed E-state index contributed by atoms with van der Waals surface area (Å²) in [7, 11) is 4.10. The largest absolute Gasteiger partial charge is 0.488 e. The molecule has 1 aliphatic rings. The highest BCUT2D eigenvalue weighted by Crippen LogP contribution is 2.37. The Morgan fingerprint density at radius 2 is 2.15 bits per heavy atom. The Morgan fingerprint density at radius 3 is 2.81 bits per heavy atom. The molecule has 1 aliphatic heterocycles. The summed E-state index contributed by atoms with van der Waals surface area (Å²) in [5.74, 6) is -0.0453. The lowest BCUT2D eigenvalue weighted by atomic mass is 9.92. The average molecular weight is 353 g/mol. The molecule has 138 valence electrons. The highest BCUT2D eigenvalue weighted by molar-refractivity contribution is 5.84. The first-order chi connectivity index (χ1) is 12.4. The van der Waals surface area contributed by atoms with Crippen LogP contribution in [0.1, 0.15) is 24.5 Å². The van der Waals surface area contributed by atoms with Gasteiger partial charge >= 0.3 is 5.97 Å². The number of nitrogens with zero attached hydrogens (tertiary/aromatic N) is 1. The minimum absolute atomic E-state index is 0.00421. The summed E-state index contributed by atoms with van der Waals surface area (Å²) >= 11 is 0. The summed E-state index contributed by atoms with van der Waals surface area (Å²) in [4.78, 5) is 13.2. The van der Waals surface area contributed by atoms with E-state index in [0.29, 0.717) is 6.61 Å². The molecule has 0 bridgehead atoms. The third kappa shape index (κ3) is 5.20. The van der Waals surface area contributed by atoms with Crippen LogP contribution < -0.4 is 4.74 Å². The van der Waals surface area contributed by atoms with Crippen LogP contribution in [0.4, 0.5) is 0 Å². The smallest absolute Gasteiger partial charge is 0.307 e. The van der Waals surface area contributed by atoms with Gasteiger partial charge in [-0.3, -0.25) is 4.79 Å². The van der Waals surface area contributed by atoms with Crippen LogP contribution in [0.3, 0.4) is 0 Å². The number of ether oxygens (including phenoxy) is 1. The molecule has 0 unspecified atom stereocenters. The SMILES string of the molecule is C=C/C=C\C1=C(C)C(=C/CCN(C)C)/c2cc(CC(=O)O)ccc2OC1. The van der Waals surface area contributed by atoms with Gasteiger partial charge < -0.3 is 14.7 Å². The second-order valence-corrected chi connectivity index (χ2v) is 6.64. The van der Waals surface area contributed by atoms with Crippen molar-refractivity contribution < 1.29 is 14.6 Å². The first-order valence-electron chi connectivity index (χ1n) is 8.74. The van der Waals surface area contributed by atoms with Gasteiger partial charge in [0, 0.05) is 12.1 Å². The van der Waals surface area contributed by atoms with Gasteiger partial charge in [-0.15, -0.1) is 0 Å². The van der Waals surface area contributed by atoms with Gasteiger partial charge in [0.1, 0.15) is 12.4 Å². The molecule has 4 heteroatoms. The molecule has 0 aromatic heterocycles. The zero-order valence-electron chi connectivity index (χ0n) is 15.8. The van der Waals surface area contributed by atoms with Crippen molar-refractivity contribution in [2.45, 2.75) is 19.8 Å². The first-order valence-corrected chi connectivity index (χ1v) is 8.74. The van der Waals surface area contributed by atoms with E-state index in [-0.39, 0.29) is 6.42 Å². The second kappa shape index (κ2) is 9.20. The van der Waals surface area contributed by atoms with E-state index in [2.05, 4.69) is 38.6 Å². The van der Waals surface area contributed by atoms with Gasteiger partial charge in [-0.25, -0.2) is 0 Å². The molecule has 1 heterocycles. The molecule has 0 spiro atoms. The van der Waals surface area contributed by atoms with Crippen molar-refractivity contribution >= 4 is 11.5 Å². The van der Waals surface area contributed by atoms with E-state index in [1.54, 1.807) is 6.08 Å². The van der Waals surface area contributed by atoms with E-state index >= 15 is 0 Å². The van der Waals surface area contributed by atoms with Gasteiger partial charge in [-0.2, -0.15) is 0 Å². The van der Waals surface area contributed by atoms with Crippen LogP contribution in [0.25, 0.3) is 5.57 Å². The van der Waals surface area contributed by atoms with Crippen molar-refractivity contribution in [2.24, 2.45) is 0 Å². The van der Waals surface area contributed by atoms with E-state index < -0.39 is 5.97 Å². The van der Waals surface area contributed by atoms with Crippen molar-refractivity contribution in [1.29, 1.82) is 0 Å². The summed E-state index contributed by atoms with van der Waals surface area (Å²) in [6.07, 6.45) is 8.80. The Balaban J connectivity index is 2.51. The molecule has 0 aliphatic carbocycles. The van der Waals surface area contributed by atoms with Gasteiger partial charge in [0.2, 0.25) is 0 Å². The fraction of sp³-hybridized carbons (Fsp3) is 0.318. The Hall–Kier alpha value is -2.59. The molecule has 26 heavy (non-hydrogen) atoms. The Bertz CT molecular complexity index is 770. The van der Waals surface area contributed by atoms with Crippen molar-refractivity contribution in [2.75, 3.05) is 27.2 Å². The predicted molar refractivity (Wildman–Crippen MR) is 106 cm³/mol. The van der Waals surface area contributed by atoms with Crippen LogP contribution in [0.5, 0.6) is 5.75 Å². The molecular weight excluding hydrogens is 326 g/mol. The van der Waals surface area contributed by atoms with Gasteiger partial charge in [0.15, 0.2) is 0 Å². The summed E-state index contributed by atoms with van der Waals surface area (Å²) in [6, 6.07) is 5.64. The predicted octanol–water partition coefficient (Wildman–Crippen LogP) is 4.10. The molecule has 0 fully saturated rings. The summed E-state index contributed by atoms with van der Waals surface area (Å²) in [6.45, 7) is 7.25. The summed E-state index contributed by atoms with van der Waals surface area (Å²) in [5, 5.41) is 9.11. The fourth-order valence-electron chi connectivity index (χ4n) is 2.92. The summed E-state index contributed by atoms with van der Waals surface area (Å²) in [5.41, 5.74) is 5.08. The van der Waals surface area contributed by atoms with Crippen molar-refractivity contribution in [3.8, 4) is 5.75 Å². The maximum atomic E-state index is 11.1. The van der Waals surface area contributed by atoms with E-state index in [1.807, 2.05) is 30.4 Å². The van der Waals surface area contributed by atoms with E-state index in [9.17, 15) is 4.79 Å². The first kappa shape index (κ1) is 19.7. The van der Waals surface area contributed by atoms with Crippen molar-refractivity contribution in [1.82, 2.24) is 4.90 Å². The van der Waals surface area contributed by atoms with Crippen LogP contribution in [0.2, 0.25) is 0 Å². The number of hydrogen-bond donors (Lipinski definition) is 1. The minimum Gasteiger partial charge on any atom is -0.488 e. The fourth-order valence-corrected chi connectivity index (χ4v) is 2.92. The van der Waals surface area contributed by atoms with Crippen LogP contribution in [0.15, 0.2) is 60.2 Å². The number of rotatable bonds is 7. The molecule has 0 saturated heterocycles. The summed E-state index contributed by atoms with van der Waals surface area (Å²) < 4.78 is 6.00. The number of aliphatic carboxylic acids is 1. The standard InChI is InChI=1S/C22H27NO3/c1-5-6-8-18-15-26-21-11-10-17(14-22(24)25)13-20(21)19(16(18)2)9-7-12-23(3)4/h5-6,8-11,13H,1,7,12,14-15H2,2-4H3,(H,24,25)/b8-6-,19-9-. The Morgan fingerprint density at radius 1 is 1.38 bits per heavy atom. The number of carboxylic acid groups (broad SMARTS) is 1. The number of allylic oxidation sites excluding steroid dienone is 4. The molecule has 0 amide bonds.